The molecule has 1 rings (SSSR count). The van der Waals surface area contributed by atoms with Crippen LogP contribution in [0.5, 0.6) is 5.75 Å². The number of rotatable bonds is 6. The molecule has 17 heavy (non-hydrogen) atoms. The molecule has 0 saturated heterocycles. The third-order valence-corrected chi connectivity index (χ3v) is 2.24. The van der Waals surface area contributed by atoms with Gasteiger partial charge in [0.25, 0.3) is 0 Å². The molecular weight excluding hydrogens is 216 g/mol. The molecule has 0 aromatic heterocycles. The first-order valence-electron chi connectivity index (χ1n) is 6.03. The molecule has 0 bridgehead atoms. The standard InChI is InChI=1S/C14H20O3/c1-4-16-13-8-6-5-7-12(13)9-10-14(15)17-11(2)3/h5-8,11H,4,9-10H2,1-3H3. The Morgan fingerprint density at radius 2 is 2.00 bits per heavy atom. The lowest BCUT2D eigenvalue weighted by molar-refractivity contribution is -0.147. The Balaban J connectivity index is 2.53. The predicted octanol–water partition coefficient (Wildman–Crippen LogP) is 2.97. The van der Waals surface area contributed by atoms with Crippen LogP contribution in [0, 0.1) is 0 Å². The third-order valence-electron chi connectivity index (χ3n) is 2.24. The number of carbonyl (C=O) groups excluding carboxylic acids is 1. The molecule has 1 aromatic carbocycles. The van der Waals surface area contributed by atoms with E-state index in [0.29, 0.717) is 19.4 Å². The normalized spacial score (nSPS) is 10.4. The van der Waals surface area contributed by atoms with Gasteiger partial charge in [-0.15, -0.1) is 0 Å². The van der Waals surface area contributed by atoms with Gasteiger partial charge < -0.3 is 9.47 Å². The maximum atomic E-state index is 11.4. The number of carbonyl (C=O) groups is 1. The average Bonchev–Trinajstić information content (AvgIpc) is 2.27. The minimum atomic E-state index is -0.161. The zero-order chi connectivity index (χ0) is 12.7. The predicted molar refractivity (Wildman–Crippen MR) is 67.2 cm³/mol. The van der Waals surface area contributed by atoms with E-state index in [2.05, 4.69) is 0 Å². The molecule has 0 aliphatic rings. The van der Waals surface area contributed by atoms with Gasteiger partial charge in [-0.05, 0) is 38.8 Å². The SMILES string of the molecule is CCOc1ccccc1CCC(=O)OC(C)C. The number of ether oxygens (including phenoxy) is 2. The summed E-state index contributed by atoms with van der Waals surface area (Å²) in [6, 6.07) is 7.78. The highest BCUT2D eigenvalue weighted by Crippen LogP contribution is 2.19. The summed E-state index contributed by atoms with van der Waals surface area (Å²) >= 11 is 0. The molecule has 94 valence electrons. The Kier molecular flexibility index (Phi) is 5.53. The van der Waals surface area contributed by atoms with Gasteiger partial charge >= 0.3 is 5.97 Å². The van der Waals surface area contributed by atoms with Gasteiger partial charge in [-0.1, -0.05) is 18.2 Å². The van der Waals surface area contributed by atoms with Gasteiger partial charge in [-0.3, -0.25) is 4.79 Å². The van der Waals surface area contributed by atoms with Crippen LogP contribution in [0.4, 0.5) is 0 Å². The van der Waals surface area contributed by atoms with Gasteiger partial charge in [-0.2, -0.15) is 0 Å². The van der Waals surface area contributed by atoms with Gasteiger partial charge in [-0.25, -0.2) is 0 Å². The molecule has 0 radical (unpaired) electrons. The van der Waals surface area contributed by atoms with Crippen molar-refractivity contribution in [3.63, 3.8) is 0 Å². The second kappa shape index (κ2) is 6.94. The number of hydrogen-bond acceptors (Lipinski definition) is 3. The maximum absolute atomic E-state index is 11.4. The molecule has 3 heteroatoms. The molecule has 1 aromatic rings. The van der Waals surface area contributed by atoms with Crippen molar-refractivity contribution in [1.29, 1.82) is 0 Å². The van der Waals surface area contributed by atoms with Gasteiger partial charge in [0.15, 0.2) is 0 Å². The fraction of sp³-hybridized carbons (Fsp3) is 0.500. The van der Waals surface area contributed by atoms with Crippen LogP contribution in [0.1, 0.15) is 32.8 Å². The lowest BCUT2D eigenvalue weighted by atomic mass is 10.1. The van der Waals surface area contributed by atoms with Crippen LogP contribution in [0.15, 0.2) is 24.3 Å². The number of esters is 1. The summed E-state index contributed by atoms with van der Waals surface area (Å²) in [6.07, 6.45) is 0.994. The minimum Gasteiger partial charge on any atom is -0.494 e. The van der Waals surface area contributed by atoms with Gasteiger partial charge in [0.2, 0.25) is 0 Å². The van der Waals surface area contributed by atoms with E-state index in [1.165, 1.54) is 0 Å². The first-order chi connectivity index (χ1) is 8.13. The average molecular weight is 236 g/mol. The molecule has 0 heterocycles. The van der Waals surface area contributed by atoms with Crippen LogP contribution in [0.3, 0.4) is 0 Å². The Morgan fingerprint density at radius 1 is 1.29 bits per heavy atom. The summed E-state index contributed by atoms with van der Waals surface area (Å²) in [5.74, 6) is 0.693. The van der Waals surface area contributed by atoms with Crippen LogP contribution in [-0.4, -0.2) is 18.7 Å². The third kappa shape index (κ3) is 4.89. The zero-order valence-corrected chi connectivity index (χ0v) is 10.7. The topological polar surface area (TPSA) is 35.5 Å². The molecular formula is C14H20O3. The number of para-hydroxylation sites is 1. The number of benzene rings is 1. The van der Waals surface area contributed by atoms with Crippen LogP contribution in [0.25, 0.3) is 0 Å². The van der Waals surface area contributed by atoms with Crippen molar-refractivity contribution in [3.05, 3.63) is 29.8 Å². The lowest BCUT2D eigenvalue weighted by Crippen LogP contribution is -2.12. The van der Waals surface area contributed by atoms with Crippen LogP contribution >= 0.6 is 0 Å². The molecule has 0 spiro atoms. The summed E-state index contributed by atoms with van der Waals surface area (Å²) in [5, 5.41) is 0. The maximum Gasteiger partial charge on any atom is 0.306 e. The zero-order valence-electron chi connectivity index (χ0n) is 10.7. The molecule has 0 atom stereocenters. The van der Waals surface area contributed by atoms with E-state index < -0.39 is 0 Å². The smallest absolute Gasteiger partial charge is 0.306 e. The number of hydrogen-bond donors (Lipinski definition) is 0. The van der Waals surface area contributed by atoms with Crippen LogP contribution < -0.4 is 4.74 Å². The van der Waals surface area contributed by atoms with Gasteiger partial charge in [0.05, 0.1) is 12.7 Å². The Hall–Kier alpha value is -1.51. The molecule has 0 amide bonds. The van der Waals surface area contributed by atoms with E-state index in [4.69, 9.17) is 9.47 Å². The number of aryl methyl sites for hydroxylation is 1. The quantitative estimate of drug-likeness (QED) is 0.712. The Morgan fingerprint density at radius 3 is 2.65 bits per heavy atom. The monoisotopic (exact) mass is 236 g/mol. The second-order valence-corrected chi connectivity index (χ2v) is 4.08. The highest BCUT2D eigenvalue weighted by molar-refractivity contribution is 5.70. The van der Waals surface area contributed by atoms with Crippen LogP contribution in [-0.2, 0) is 16.0 Å². The highest BCUT2D eigenvalue weighted by atomic mass is 16.5. The van der Waals surface area contributed by atoms with Crippen molar-refractivity contribution >= 4 is 5.97 Å². The molecule has 0 aliphatic heterocycles. The lowest BCUT2D eigenvalue weighted by Gasteiger charge is -2.10. The molecule has 3 nitrogen and oxygen atoms in total. The van der Waals surface area contributed by atoms with E-state index in [9.17, 15) is 4.79 Å². The fourth-order valence-corrected chi connectivity index (χ4v) is 1.57. The largest absolute Gasteiger partial charge is 0.494 e. The van der Waals surface area contributed by atoms with E-state index in [-0.39, 0.29) is 12.1 Å². The van der Waals surface area contributed by atoms with Crippen molar-refractivity contribution in [3.8, 4) is 5.75 Å². The molecule has 0 fully saturated rings. The summed E-state index contributed by atoms with van der Waals surface area (Å²) in [6.45, 7) is 6.29. The first kappa shape index (κ1) is 13.6. The van der Waals surface area contributed by atoms with E-state index in [1.54, 1.807) is 0 Å². The summed E-state index contributed by atoms with van der Waals surface area (Å²) in [7, 11) is 0. The summed E-state index contributed by atoms with van der Waals surface area (Å²) < 4.78 is 10.6. The van der Waals surface area contributed by atoms with E-state index >= 15 is 0 Å². The summed E-state index contributed by atoms with van der Waals surface area (Å²) in [4.78, 5) is 11.4. The Bertz CT molecular complexity index is 358. The van der Waals surface area contributed by atoms with Crippen molar-refractivity contribution in [1.82, 2.24) is 0 Å². The summed E-state index contributed by atoms with van der Waals surface area (Å²) in [5.41, 5.74) is 1.05. The van der Waals surface area contributed by atoms with Crippen molar-refractivity contribution in [2.45, 2.75) is 39.7 Å². The molecule has 0 N–H and O–H groups in total. The molecule has 0 saturated carbocycles. The van der Waals surface area contributed by atoms with E-state index in [1.807, 2.05) is 45.0 Å². The first-order valence-corrected chi connectivity index (χ1v) is 6.03. The van der Waals surface area contributed by atoms with Gasteiger partial charge in [0, 0.05) is 6.42 Å². The minimum absolute atomic E-state index is 0.0513. The highest BCUT2D eigenvalue weighted by Gasteiger charge is 2.08. The van der Waals surface area contributed by atoms with Crippen LogP contribution in [0.2, 0.25) is 0 Å². The second-order valence-electron chi connectivity index (χ2n) is 4.08. The fourth-order valence-electron chi connectivity index (χ4n) is 1.57. The van der Waals surface area contributed by atoms with Crippen molar-refractivity contribution in [2.75, 3.05) is 6.61 Å². The van der Waals surface area contributed by atoms with Gasteiger partial charge in [0.1, 0.15) is 5.75 Å². The van der Waals surface area contributed by atoms with Crippen molar-refractivity contribution < 1.29 is 14.3 Å². The van der Waals surface area contributed by atoms with E-state index in [0.717, 1.165) is 11.3 Å². The molecule has 0 unspecified atom stereocenters. The Labute approximate surface area is 103 Å². The van der Waals surface area contributed by atoms with Crippen molar-refractivity contribution in [2.24, 2.45) is 0 Å². The molecule has 0 aliphatic carbocycles.